The van der Waals surface area contributed by atoms with Gasteiger partial charge in [0.25, 0.3) is 0 Å². The van der Waals surface area contributed by atoms with Crippen molar-refractivity contribution in [2.24, 2.45) is 0 Å². The first-order chi connectivity index (χ1) is 8.54. The van der Waals surface area contributed by atoms with Crippen LogP contribution in [0.3, 0.4) is 0 Å². The van der Waals surface area contributed by atoms with Crippen LogP contribution >= 0.6 is 23.4 Å². The lowest BCUT2D eigenvalue weighted by Crippen LogP contribution is -1.97. The van der Waals surface area contributed by atoms with Gasteiger partial charge in [0.2, 0.25) is 0 Å². The van der Waals surface area contributed by atoms with Crippen molar-refractivity contribution in [2.75, 3.05) is 0 Å². The normalized spacial score (nSPS) is 10.3. The highest BCUT2D eigenvalue weighted by molar-refractivity contribution is 7.99. The minimum Gasteiger partial charge on any atom is -0.478 e. The molecule has 0 amide bonds. The first-order valence-corrected chi connectivity index (χ1v) is 6.08. The Balaban J connectivity index is 2.28. The lowest BCUT2D eigenvalue weighted by Gasteiger charge is -2.03. The molecular weight excluding hydrogens is 277 g/mol. The maximum absolute atomic E-state index is 12.7. The average molecular weight is 284 g/mol. The fourth-order valence-electron chi connectivity index (χ4n) is 1.27. The summed E-state index contributed by atoms with van der Waals surface area (Å²) in [7, 11) is 0. The molecule has 92 valence electrons. The van der Waals surface area contributed by atoms with Gasteiger partial charge in [-0.25, -0.2) is 14.2 Å². The van der Waals surface area contributed by atoms with E-state index in [1.165, 1.54) is 36.0 Å². The first kappa shape index (κ1) is 12.9. The van der Waals surface area contributed by atoms with Gasteiger partial charge in [-0.1, -0.05) is 23.4 Å². The summed E-state index contributed by atoms with van der Waals surface area (Å²) in [5, 5.41) is 9.45. The van der Waals surface area contributed by atoms with Crippen LogP contribution in [0.1, 0.15) is 10.4 Å². The van der Waals surface area contributed by atoms with Crippen LogP contribution in [0.4, 0.5) is 4.39 Å². The number of halogens is 2. The van der Waals surface area contributed by atoms with Gasteiger partial charge in [-0.05, 0) is 36.4 Å². The molecule has 18 heavy (non-hydrogen) atoms. The van der Waals surface area contributed by atoms with Gasteiger partial charge >= 0.3 is 5.97 Å². The largest absolute Gasteiger partial charge is 0.478 e. The average Bonchev–Trinajstić information content (AvgIpc) is 2.31. The molecule has 1 aromatic carbocycles. The van der Waals surface area contributed by atoms with E-state index in [0.717, 1.165) is 4.90 Å². The van der Waals surface area contributed by atoms with Gasteiger partial charge in [0, 0.05) is 4.90 Å². The van der Waals surface area contributed by atoms with Gasteiger partial charge in [-0.3, -0.25) is 0 Å². The van der Waals surface area contributed by atoms with E-state index in [9.17, 15) is 9.18 Å². The molecule has 0 aliphatic carbocycles. The van der Waals surface area contributed by atoms with Crippen LogP contribution in [0, 0.1) is 5.82 Å². The second-order valence-electron chi connectivity index (χ2n) is 3.38. The zero-order valence-corrected chi connectivity index (χ0v) is 10.5. The number of rotatable bonds is 3. The van der Waals surface area contributed by atoms with Crippen LogP contribution in [0.15, 0.2) is 46.3 Å². The Hall–Kier alpha value is -1.59. The summed E-state index contributed by atoms with van der Waals surface area (Å²) in [4.78, 5) is 15.6. The molecule has 0 spiro atoms. The summed E-state index contributed by atoms with van der Waals surface area (Å²) in [5.74, 6) is -1.40. The van der Waals surface area contributed by atoms with E-state index >= 15 is 0 Å². The van der Waals surface area contributed by atoms with Crippen molar-refractivity contribution in [1.82, 2.24) is 4.98 Å². The highest BCUT2D eigenvalue weighted by Gasteiger charge is 2.08. The zero-order valence-electron chi connectivity index (χ0n) is 8.93. The molecule has 0 atom stereocenters. The second-order valence-corrected chi connectivity index (χ2v) is 4.86. The summed E-state index contributed by atoms with van der Waals surface area (Å²) in [6.45, 7) is 0. The Bertz CT molecular complexity index is 589. The molecule has 1 N–H and O–H groups in total. The molecule has 1 heterocycles. The molecular formula is C12H7ClFNO2S. The molecule has 3 nitrogen and oxygen atoms in total. The number of nitrogens with zero attached hydrogens (tertiary/aromatic N) is 1. The monoisotopic (exact) mass is 283 g/mol. The number of hydrogen-bond acceptors (Lipinski definition) is 3. The Labute approximate surface area is 112 Å². The number of carboxylic acids is 1. The predicted octanol–water partition coefficient (Wildman–Crippen LogP) is 3.72. The van der Waals surface area contributed by atoms with Gasteiger partial charge in [0.1, 0.15) is 16.0 Å². The first-order valence-electron chi connectivity index (χ1n) is 4.89. The molecule has 0 bridgehead atoms. The van der Waals surface area contributed by atoms with Crippen molar-refractivity contribution in [1.29, 1.82) is 0 Å². The zero-order chi connectivity index (χ0) is 13.1. The fraction of sp³-hybridized carbons (Fsp3) is 0. The summed E-state index contributed by atoms with van der Waals surface area (Å²) in [6.07, 6.45) is 0. The van der Waals surface area contributed by atoms with E-state index in [1.807, 2.05) is 0 Å². The summed E-state index contributed by atoms with van der Waals surface area (Å²) in [5.41, 5.74) is 0.0691. The van der Waals surface area contributed by atoms with E-state index in [1.54, 1.807) is 12.1 Å². The van der Waals surface area contributed by atoms with Crippen LogP contribution in [-0.2, 0) is 0 Å². The van der Waals surface area contributed by atoms with Crippen molar-refractivity contribution in [3.05, 3.63) is 52.9 Å². The Morgan fingerprint density at radius 2 is 1.94 bits per heavy atom. The van der Waals surface area contributed by atoms with Gasteiger partial charge < -0.3 is 5.11 Å². The minimum atomic E-state index is -1.07. The number of carbonyl (C=O) groups is 1. The Morgan fingerprint density at radius 1 is 1.28 bits per heavy atom. The Kier molecular flexibility index (Phi) is 3.84. The number of benzene rings is 1. The maximum atomic E-state index is 12.7. The van der Waals surface area contributed by atoms with E-state index in [2.05, 4.69) is 4.98 Å². The third kappa shape index (κ3) is 3.21. The number of aromatic nitrogens is 1. The molecule has 1 aromatic heterocycles. The highest BCUT2D eigenvalue weighted by atomic mass is 35.5. The lowest BCUT2D eigenvalue weighted by molar-refractivity contribution is 0.0696. The standard InChI is InChI=1S/C12H7ClFNO2S/c13-10-5-7(12(16)17)6-11(15-10)18-9-3-1-8(14)2-4-9/h1-6H,(H,16,17). The number of aromatic carboxylic acids is 1. The molecule has 2 rings (SSSR count). The quantitative estimate of drug-likeness (QED) is 0.872. The molecule has 6 heteroatoms. The van der Waals surface area contributed by atoms with Gasteiger partial charge in [-0.2, -0.15) is 0 Å². The topological polar surface area (TPSA) is 50.2 Å². The number of pyridine rings is 1. The minimum absolute atomic E-state index is 0.0691. The molecule has 0 aliphatic heterocycles. The van der Waals surface area contributed by atoms with Crippen LogP contribution < -0.4 is 0 Å². The molecule has 0 radical (unpaired) electrons. The number of hydrogen-bond donors (Lipinski definition) is 1. The van der Waals surface area contributed by atoms with Crippen molar-refractivity contribution in [3.63, 3.8) is 0 Å². The van der Waals surface area contributed by atoms with Gasteiger partial charge in [0.05, 0.1) is 5.56 Å². The van der Waals surface area contributed by atoms with Crippen LogP contribution in [0.5, 0.6) is 0 Å². The fourth-order valence-corrected chi connectivity index (χ4v) is 2.37. The van der Waals surface area contributed by atoms with Crippen LogP contribution in [0.25, 0.3) is 0 Å². The maximum Gasteiger partial charge on any atom is 0.335 e. The van der Waals surface area contributed by atoms with Crippen molar-refractivity contribution < 1.29 is 14.3 Å². The predicted molar refractivity (Wildman–Crippen MR) is 66.7 cm³/mol. The third-order valence-electron chi connectivity index (χ3n) is 2.05. The number of carboxylic acid groups (broad SMARTS) is 1. The molecule has 0 fully saturated rings. The summed E-state index contributed by atoms with van der Waals surface area (Å²) >= 11 is 6.95. The van der Waals surface area contributed by atoms with Crippen molar-refractivity contribution in [2.45, 2.75) is 9.92 Å². The summed E-state index contributed by atoms with van der Waals surface area (Å²) < 4.78 is 12.7. The van der Waals surface area contributed by atoms with E-state index in [4.69, 9.17) is 16.7 Å². The molecule has 0 saturated heterocycles. The second kappa shape index (κ2) is 5.37. The lowest BCUT2D eigenvalue weighted by atomic mass is 10.3. The van der Waals surface area contributed by atoms with Crippen molar-refractivity contribution >= 4 is 29.3 Å². The molecule has 2 aromatic rings. The van der Waals surface area contributed by atoms with E-state index < -0.39 is 5.97 Å². The van der Waals surface area contributed by atoms with Crippen molar-refractivity contribution in [3.8, 4) is 0 Å². The van der Waals surface area contributed by atoms with E-state index in [0.29, 0.717) is 5.03 Å². The van der Waals surface area contributed by atoms with Gasteiger partial charge in [0.15, 0.2) is 0 Å². The van der Waals surface area contributed by atoms with E-state index in [-0.39, 0.29) is 16.5 Å². The van der Waals surface area contributed by atoms with Crippen LogP contribution in [0.2, 0.25) is 5.15 Å². The Morgan fingerprint density at radius 3 is 2.56 bits per heavy atom. The van der Waals surface area contributed by atoms with Gasteiger partial charge in [-0.15, -0.1) is 0 Å². The SMILES string of the molecule is O=C(O)c1cc(Cl)nc(Sc2ccc(F)cc2)c1. The molecule has 0 aliphatic rings. The molecule has 0 saturated carbocycles. The highest BCUT2D eigenvalue weighted by Crippen LogP contribution is 2.28. The molecule has 0 unspecified atom stereocenters. The van der Waals surface area contributed by atoms with Crippen LogP contribution in [-0.4, -0.2) is 16.1 Å². The smallest absolute Gasteiger partial charge is 0.335 e. The third-order valence-corrected chi connectivity index (χ3v) is 3.17. The summed E-state index contributed by atoms with van der Waals surface area (Å²) in [6, 6.07) is 8.52.